The molecule has 10 heteroatoms. The predicted molar refractivity (Wildman–Crippen MR) is 101 cm³/mol. The number of carbonyl (C=O) groups is 1. The molecule has 1 unspecified atom stereocenters. The molecular weight excluding hydrogens is 409 g/mol. The van der Waals surface area contributed by atoms with Gasteiger partial charge in [-0.25, -0.2) is 13.2 Å². The van der Waals surface area contributed by atoms with E-state index in [9.17, 15) is 31.5 Å². The second kappa shape index (κ2) is 8.14. The number of amides is 2. The van der Waals surface area contributed by atoms with Crippen molar-refractivity contribution in [3.63, 3.8) is 0 Å². The Balaban J connectivity index is 1.63. The zero-order chi connectivity index (χ0) is 21.3. The minimum absolute atomic E-state index is 0.0597. The molecule has 1 aromatic rings. The summed E-state index contributed by atoms with van der Waals surface area (Å²) in [5, 5.41) is 12.7. The van der Waals surface area contributed by atoms with Crippen molar-refractivity contribution in [2.24, 2.45) is 5.41 Å². The van der Waals surface area contributed by atoms with E-state index >= 15 is 0 Å². The normalized spacial score (nSPS) is 23.7. The summed E-state index contributed by atoms with van der Waals surface area (Å²) < 4.78 is 62.9. The van der Waals surface area contributed by atoms with Gasteiger partial charge in [-0.2, -0.15) is 13.2 Å². The third-order valence-electron chi connectivity index (χ3n) is 5.89. The summed E-state index contributed by atoms with van der Waals surface area (Å²) in [6, 6.07) is 4.59. The van der Waals surface area contributed by atoms with E-state index in [1.165, 1.54) is 17.0 Å². The molecule has 0 bridgehead atoms. The van der Waals surface area contributed by atoms with Crippen LogP contribution in [0.1, 0.15) is 30.4 Å². The third-order valence-corrected chi connectivity index (χ3v) is 7.66. The molecule has 2 amide bonds. The molecule has 1 aromatic carbocycles. The third kappa shape index (κ3) is 5.22. The number of aliphatic hydroxyl groups is 1. The van der Waals surface area contributed by atoms with E-state index in [-0.39, 0.29) is 36.1 Å². The summed E-state index contributed by atoms with van der Waals surface area (Å²) in [4.78, 5) is 14.0. The molecule has 0 spiro atoms. The van der Waals surface area contributed by atoms with Gasteiger partial charge in [0.15, 0.2) is 9.84 Å². The molecule has 2 aliphatic heterocycles. The Morgan fingerprint density at radius 2 is 1.90 bits per heavy atom. The minimum Gasteiger partial charge on any atom is -0.396 e. The van der Waals surface area contributed by atoms with Crippen LogP contribution in [0.25, 0.3) is 0 Å². The van der Waals surface area contributed by atoms with Crippen LogP contribution in [0.15, 0.2) is 24.3 Å². The van der Waals surface area contributed by atoms with E-state index in [0.29, 0.717) is 32.4 Å². The van der Waals surface area contributed by atoms with Gasteiger partial charge in [0.05, 0.1) is 17.1 Å². The number of likely N-dealkylation sites (tertiary alicyclic amines) is 1. The minimum atomic E-state index is -4.46. The largest absolute Gasteiger partial charge is 0.416 e. The molecule has 0 saturated carbocycles. The van der Waals surface area contributed by atoms with Crippen LogP contribution in [0.4, 0.5) is 18.0 Å². The van der Waals surface area contributed by atoms with E-state index in [1.807, 2.05) is 0 Å². The maximum atomic E-state index is 13.3. The van der Waals surface area contributed by atoms with Crippen LogP contribution in [0, 0.1) is 5.41 Å². The molecule has 0 radical (unpaired) electrons. The molecule has 2 heterocycles. The lowest BCUT2D eigenvalue weighted by Crippen LogP contribution is -2.51. The topological polar surface area (TPSA) is 86.7 Å². The fourth-order valence-electron chi connectivity index (χ4n) is 4.10. The van der Waals surface area contributed by atoms with Crippen molar-refractivity contribution < 1.29 is 31.5 Å². The molecule has 0 aliphatic carbocycles. The van der Waals surface area contributed by atoms with E-state index in [2.05, 4.69) is 5.32 Å². The van der Waals surface area contributed by atoms with Gasteiger partial charge in [0.2, 0.25) is 0 Å². The molecule has 3 rings (SSSR count). The second-order valence-corrected chi connectivity index (χ2v) is 10.3. The summed E-state index contributed by atoms with van der Waals surface area (Å²) in [6.07, 6.45) is -3.26. The zero-order valence-electron chi connectivity index (χ0n) is 15.9. The SMILES string of the molecule is O=C(NC1CCS(=O)(=O)C1)N1CCC(CO)(Cc2ccccc2C(F)(F)F)CC1. The Morgan fingerprint density at radius 3 is 2.45 bits per heavy atom. The molecule has 0 aromatic heterocycles. The number of hydrogen-bond donors (Lipinski definition) is 2. The predicted octanol–water partition coefficient (Wildman–Crippen LogP) is 2.22. The highest BCUT2D eigenvalue weighted by Crippen LogP contribution is 2.39. The quantitative estimate of drug-likeness (QED) is 0.761. The standard InChI is InChI=1S/C19H25F3N2O4S/c20-19(21,22)16-4-2-1-3-14(16)11-18(13-25)6-8-24(9-7-18)17(26)23-15-5-10-29(27,28)12-15/h1-4,15,25H,5-13H2,(H,23,26). The van der Waals surface area contributed by atoms with Gasteiger partial charge in [0.25, 0.3) is 0 Å². The van der Waals surface area contributed by atoms with Gasteiger partial charge in [-0.1, -0.05) is 18.2 Å². The fourth-order valence-corrected chi connectivity index (χ4v) is 5.78. The number of alkyl halides is 3. The number of hydrogen-bond acceptors (Lipinski definition) is 4. The van der Waals surface area contributed by atoms with Gasteiger partial charge >= 0.3 is 12.2 Å². The van der Waals surface area contributed by atoms with Gasteiger partial charge in [0.1, 0.15) is 0 Å². The number of aliphatic hydroxyl groups excluding tert-OH is 1. The fraction of sp³-hybridized carbons (Fsp3) is 0.632. The first-order valence-electron chi connectivity index (χ1n) is 9.55. The van der Waals surface area contributed by atoms with Crippen LogP contribution in [0.3, 0.4) is 0 Å². The van der Waals surface area contributed by atoms with Crippen LogP contribution in [-0.2, 0) is 22.4 Å². The van der Waals surface area contributed by atoms with Crippen molar-refractivity contribution in [1.82, 2.24) is 10.2 Å². The number of benzene rings is 1. The summed E-state index contributed by atoms with van der Waals surface area (Å²) in [6.45, 7) is 0.315. The highest BCUT2D eigenvalue weighted by molar-refractivity contribution is 7.91. The summed E-state index contributed by atoms with van der Waals surface area (Å²) in [5.74, 6) is -0.00836. The highest BCUT2D eigenvalue weighted by Gasteiger charge is 2.40. The lowest BCUT2D eigenvalue weighted by atomic mass is 9.73. The number of halogens is 3. The van der Waals surface area contributed by atoms with E-state index < -0.39 is 33.0 Å². The van der Waals surface area contributed by atoms with Crippen molar-refractivity contribution in [2.45, 2.75) is 37.9 Å². The van der Waals surface area contributed by atoms with Gasteiger partial charge in [-0.3, -0.25) is 0 Å². The monoisotopic (exact) mass is 434 g/mol. The lowest BCUT2D eigenvalue weighted by molar-refractivity contribution is -0.138. The summed E-state index contributed by atoms with van der Waals surface area (Å²) in [7, 11) is -3.10. The van der Waals surface area contributed by atoms with Crippen LogP contribution in [0.2, 0.25) is 0 Å². The molecule has 162 valence electrons. The number of urea groups is 1. The number of sulfone groups is 1. The molecule has 2 N–H and O–H groups in total. The van der Waals surface area contributed by atoms with Crippen molar-refractivity contribution in [2.75, 3.05) is 31.2 Å². The van der Waals surface area contributed by atoms with Crippen LogP contribution < -0.4 is 5.32 Å². The maximum Gasteiger partial charge on any atom is 0.416 e. The number of carbonyl (C=O) groups excluding carboxylic acids is 1. The Kier molecular flexibility index (Phi) is 6.14. The molecular formula is C19H25F3N2O4S. The Hall–Kier alpha value is -1.81. The Bertz CT molecular complexity index is 849. The maximum absolute atomic E-state index is 13.3. The molecule has 1 atom stereocenters. The van der Waals surface area contributed by atoms with E-state index in [0.717, 1.165) is 6.07 Å². The molecule has 2 aliphatic rings. The van der Waals surface area contributed by atoms with Gasteiger partial charge < -0.3 is 15.3 Å². The Morgan fingerprint density at radius 1 is 1.24 bits per heavy atom. The first-order valence-corrected chi connectivity index (χ1v) is 11.4. The van der Waals surface area contributed by atoms with Gasteiger partial charge in [-0.15, -0.1) is 0 Å². The van der Waals surface area contributed by atoms with Crippen molar-refractivity contribution in [1.29, 1.82) is 0 Å². The molecule has 6 nitrogen and oxygen atoms in total. The smallest absolute Gasteiger partial charge is 0.396 e. The number of rotatable bonds is 4. The van der Waals surface area contributed by atoms with Crippen molar-refractivity contribution in [3.8, 4) is 0 Å². The molecule has 2 fully saturated rings. The van der Waals surface area contributed by atoms with Crippen molar-refractivity contribution in [3.05, 3.63) is 35.4 Å². The van der Waals surface area contributed by atoms with E-state index in [4.69, 9.17) is 0 Å². The van der Waals surface area contributed by atoms with Crippen LogP contribution in [-0.4, -0.2) is 61.7 Å². The zero-order valence-corrected chi connectivity index (χ0v) is 16.7. The average Bonchev–Trinajstić information content (AvgIpc) is 3.00. The van der Waals surface area contributed by atoms with E-state index in [1.54, 1.807) is 6.07 Å². The number of nitrogens with one attached hydrogen (secondary N) is 1. The lowest BCUT2D eigenvalue weighted by Gasteiger charge is -2.41. The summed E-state index contributed by atoms with van der Waals surface area (Å²) >= 11 is 0. The highest BCUT2D eigenvalue weighted by atomic mass is 32.2. The van der Waals surface area contributed by atoms with Crippen LogP contribution >= 0.6 is 0 Å². The summed E-state index contributed by atoms with van der Waals surface area (Å²) in [5.41, 5.74) is -1.28. The molecule has 29 heavy (non-hydrogen) atoms. The van der Waals surface area contributed by atoms with Crippen molar-refractivity contribution >= 4 is 15.9 Å². The number of nitrogens with zero attached hydrogens (tertiary/aromatic N) is 1. The first kappa shape index (κ1) is 21.9. The van der Waals surface area contributed by atoms with Crippen LogP contribution in [0.5, 0.6) is 0 Å². The average molecular weight is 434 g/mol. The number of piperidine rings is 1. The second-order valence-electron chi connectivity index (χ2n) is 8.03. The first-order chi connectivity index (χ1) is 13.5. The Labute approximate surface area is 168 Å². The van der Waals surface area contributed by atoms with Gasteiger partial charge in [-0.05, 0) is 37.3 Å². The van der Waals surface area contributed by atoms with Gasteiger partial charge in [0, 0.05) is 31.2 Å². The molecule has 2 saturated heterocycles.